The van der Waals surface area contributed by atoms with Gasteiger partial charge in [-0.05, 0) is 18.2 Å². The molecule has 0 aliphatic carbocycles. The van der Waals surface area contributed by atoms with Crippen LogP contribution in [0.15, 0.2) is 29.3 Å². The number of rotatable bonds is 3. The van der Waals surface area contributed by atoms with Crippen LogP contribution in [-0.2, 0) is 14.8 Å². The van der Waals surface area contributed by atoms with Crippen molar-refractivity contribution in [2.45, 2.75) is 4.90 Å². The van der Waals surface area contributed by atoms with Gasteiger partial charge in [0.2, 0.25) is 10.0 Å². The number of carboxylic acid groups (broad SMARTS) is 1. The third-order valence-electron chi connectivity index (χ3n) is 3.47. The van der Waals surface area contributed by atoms with Gasteiger partial charge in [-0.15, -0.1) is 0 Å². The van der Waals surface area contributed by atoms with Crippen LogP contribution in [-0.4, -0.2) is 55.1 Å². The molecule has 7 nitrogen and oxygen atoms in total. The van der Waals surface area contributed by atoms with E-state index in [1.807, 2.05) is 0 Å². The second-order valence-corrected chi connectivity index (χ2v) is 6.64. The average Bonchev–Trinajstić information content (AvgIpc) is 2.95. The molecule has 0 saturated carbocycles. The highest BCUT2D eigenvalue weighted by atomic mass is 32.2. The van der Waals surface area contributed by atoms with Gasteiger partial charge in [0.15, 0.2) is 0 Å². The molecular formula is C13H14N2O5S. The lowest BCUT2D eigenvalue weighted by atomic mass is 10.1. The zero-order chi connectivity index (χ0) is 15.0. The Bertz CT molecular complexity index is 790. The summed E-state index contributed by atoms with van der Waals surface area (Å²) in [7, 11) is -3.74. The van der Waals surface area contributed by atoms with Crippen molar-refractivity contribution >= 4 is 26.9 Å². The van der Waals surface area contributed by atoms with Crippen molar-refractivity contribution in [2.24, 2.45) is 0 Å². The summed E-state index contributed by atoms with van der Waals surface area (Å²) >= 11 is 0. The third-order valence-corrected chi connectivity index (χ3v) is 5.40. The highest BCUT2D eigenvalue weighted by Gasteiger charge is 2.29. The molecule has 1 aliphatic heterocycles. The van der Waals surface area contributed by atoms with E-state index in [4.69, 9.17) is 9.84 Å². The molecule has 1 aromatic heterocycles. The van der Waals surface area contributed by atoms with Crippen molar-refractivity contribution in [2.75, 3.05) is 26.3 Å². The molecule has 21 heavy (non-hydrogen) atoms. The highest BCUT2D eigenvalue weighted by molar-refractivity contribution is 7.89. The minimum Gasteiger partial charge on any atom is -0.478 e. The number of hydrogen-bond acceptors (Lipinski definition) is 4. The van der Waals surface area contributed by atoms with Gasteiger partial charge in [-0.25, -0.2) is 13.2 Å². The number of aromatic nitrogens is 1. The Morgan fingerprint density at radius 2 is 2.00 bits per heavy atom. The number of aromatic amines is 1. The molecule has 1 aromatic carbocycles. The molecule has 0 bridgehead atoms. The lowest BCUT2D eigenvalue weighted by molar-refractivity contribution is 0.0696. The smallest absolute Gasteiger partial charge is 0.335 e. The van der Waals surface area contributed by atoms with Crippen LogP contribution in [0.25, 0.3) is 10.9 Å². The first-order valence-corrected chi connectivity index (χ1v) is 7.86. The maximum atomic E-state index is 12.7. The van der Waals surface area contributed by atoms with Gasteiger partial charge in [-0.1, -0.05) is 0 Å². The Kier molecular flexibility index (Phi) is 3.44. The van der Waals surface area contributed by atoms with E-state index in [2.05, 4.69) is 4.98 Å². The fourth-order valence-electron chi connectivity index (χ4n) is 2.40. The van der Waals surface area contributed by atoms with Gasteiger partial charge >= 0.3 is 5.97 Å². The van der Waals surface area contributed by atoms with E-state index in [0.717, 1.165) is 0 Å². The number of carbonyl (C=O) groups is 1. The summed E-state index contributed by atoms with van der Waals surface area (Å²) in [6.07, 6.45) is 1.59. The number of nitrogens with zero attached hydrogens (tertiary/aromatic N) is 1. The van der Waals surface area contributed by atoms with Crippen molar-refractivity contribution in [3.05, 3.63) is 30.0 Å². The second-order valence-electron chi connectivity index (χ2n) is 4.73. The lowest BCUT2D eigenvalue weighted by Crippen LogP contribution is -2.40. The fourth-order valence-corrected chi connectivity index (χ4v) is 4.04. The van der Waals surface area contributed by atoms with E-state index in [0.29, 0.717) is 24.1 Å². The average molecular weight is 310 g/mol. The van der Waals surface area contributed by atoms with E-state index >= 15 is 0 Å². The van der Waals surface area contributed by atoms with Crippen LogP contribution >= 0.6 is 0 Å². The Morgan fingerprint density at radius 3 is 2.67 bits per heavy atom. The molecule has 0 unspecified atom stereocenters. The van der Waals surface area contributed by atoms with Crippen molar-refractivity contribution in [3.63, 3.8) is 0 Å². The molecule has 2 heterocycles. The monoisotopic (exact) mass is 310 g/mol. The van der Waals surface area contributed by atoms with Crippen LogP contribution in [0.4, 0.5) is 0 Å². The number of ether oxygens (including phenoxy) is 1. The van der Waals surface area contributed by atoms with Gasteiger partial charge < -0.3 is 14.8 Å². The molecular weight excluding hydrogens is 296 g/mol. The molecule has 8 heteroatoms. The van der Waals surface area contributed by atoms with Crippen molar-refractivity contribution < 1.29 is 23.1 Å². The maximum absolute atomic E-state index is 12.7. The number of hydrogen-bond donors (Lipinski definition) is 2. The predicted octanol–water partition coefficient (Wildman–Crippen LogP) is 0.887. The molecule has 2 N–H and O–H groups in total. The number of aromatic carboxylic acids is 1. The molecule has 3 rings (SSSR count). The number of sulfonamides is 1. The van der Waals surface area contributed by atoms with Crippen LogP contribution in [0.3, 0.4) is 0 Å². The van der Waals surface area contributed by atoms with E-state index < -0.39 is 16.0 Å². The number of morpholine rings is 1. The minimum atomic E-state index is -3.74. The van der Waals surface area contributed by atoms with E-state index in [1.165, 1.54) is 16.4 Å². The van der Waals surface area contributed by atoms with Crippen LogP contribution in [0, 0.1) is 0 Å². The van der Waals surface area contributed by atoms with Crippen LogP contribution in [0.1, 0.15) is 10.4 Å². The molecule has 2 aromatic rings. The molecule has 0 radical (unpaired) electrons. The Morgan fingerprint density at radius 1 is 1.29 bits per heavy atom. The Hall–Kier alpha value is -1.90. The summed E-state index contributed by atoms with van der Waals surface area (Å²) in [6.45, 7) is 1.22. The molecule has 0 spiro atoms. The van der Waals surface area contributed by atoms with Gasteiger partial charge in [0, 0.05) is 30.2 Å². The van der Waals surface area contributed by atoms with Crippen LogP contribution in [0.2, 0.25) is 0 Å². The maximum Gasteiger partial charge on any atom is 0.335 e. The zero-order valence-corrected chi connectivity index (χ0v) is 11.9. The number of carboxylic acids is 1. The number of fused-ring (bicyclic) bond motifs is 1. The van der Waals surface area contributed by atoms with Crippen molar-refractivity contribution in [3.8, 4) is 0 Å². The normalized spacial score (nSPS) is 17.1. The standard InChI is InChI=1S/C13H14N2O5S/c16-13(17)9-7-11-10(1-2-14-11)12(8-9)21(18,19)15-3-5-20-6-4-15/h1-2,7-8,14H,3-6H2,(H,16,17). The van der Waals surface area contributed by atoms with Gasteiger partial charge in [-0.3, -0.25) is 0 Å². The van der Waals surface area contributed by atoms with Crippen LogP contribution < -0.4 is 0 Å². The molecule has 1 aliphatic rings. The summed E-state index contributed by atoms with van der Waals surface area (Å²) in [5, 5.41) is 9.63. The van der Waals surface area contributed by atoms with E-state index in [-0.39, 0.29) is 23.5 Å². The molecule has 112 valence electrons. The Labute approximate surface area is 121 Å². The largest absolute Gasteiger partial charge is 0.478 e. The first-order valence-electron chi connectivity index (χ1n) is 6.42. The highest BCUT2D eigenvalue weighted by Crippen LogP contribution is 2.27. The summed E-state index contributed by atoms with van der Waals surface area (Å²) in [5.74, 6) is -1.16. The van der Waals surface area contributed by atoms with E-state index in [1.54, 1.807) is 12.3 Å². The number of benzene rings is 1. The molecule has 1 fully saturated rings. The SMILES string of the molecule is O=C(O)c1cc(S(=O)(=O)N2CCOCC2)c2cc[nH]c2c1. The van der Waals surface area contributed by atoms with Crippen molar-refractivity contribution in [1.82, 2.24) is 9.29 Å². The third kappa shape index (κ3) is 2.41. The topological polar surface area (TPSA) is 99.7 Å². The van der Waals surface area contributed by atoms with Gasteiger partial charge in [-0.2, -0.15) is 4.31 Å². The predicted molar refractivity (Wildman–Crippen MR) is 74.8 cm³/mol. The minimum absolute atomic E-state index is 0.0144. The first-order chi connectivity index (χ1) is 10.00. The van der Waals surface area contributed by atoms with Gasteiger partial charge in [0.1, 0.15) is 0 Å². The molecule has 0 atom stereocenters. The van der Waals surface area contributed by atoms with Gasteiger partial charge in [0.25, 0.3) is 0 Å². The zero-order valence-electron chi connectivity index (χ0n) is 11.1. The van der Waals surface area contributed by atoms with E-state index in [9.17, 15) is 13.2 Å². The lowest BCUT2D eigenvalue weighted by Gasteiger charge is -2.26. The van der Waals surface area contributed by atoms with Crippen LogP contribution in [0.5, 0.6) is 0 Å². The summed E-state index contributed by atoms with van der Waals surface area (Å²) in [6, 6.07) is 4.27. The number of nitrogens with one attached hydrogen (secondary N) is 1. The summed E-state index contributed by atoms with van der Waals surface area (Å²) < 4.78 is 32.0. The molecule has 0 amide bonds. The first kappa shape index (κ1) is 14.1. The second kappa shape index (κ2) is 5.14. The van der Waals surface area contributed by atoms with Crippen molar-refractivity contribution in [1.29, 1.82) is 0 Å². The summed E-state index contributed by atoms with van der Waals surface area (Å²) in [4.78, 5) is 14.1. The fraction of sp³-hybridized carbons (Fsp3) is 0.308. The molecule has 1 saturated heterocycles. The van der Waals surface area contributed by atoms with Gasteiger partial charge in [0.05, 0.1) is 23.7 Å². The quantitative estimate of drug-likeness (QED) is 0.877. The Balaban J connectivity index is 2.18. The summed E-state index contributed by atoms with van der Waals surface area (Å²) in [5.41, 5.74) is 0.429. The number of H-pyrrole nitrogens is 1.